The van der Waals surface area contributed by atoms with Crippen LogP contribution in [-0.4, -0.2) is 11.9 Å². The highest BCUT2D eigenvalue weighted by Crippen LogP contribution is 2.30. The number of hydrogen-bond acceptors (Lipinski definition) is 4. The molecule has 1 aromatic heterocycles. The molecule has 2 aromatic carbocycles. The Balaban J connectivity index is 1.66. The number of nitrogens with zero attached hydrogens (tertiary/aromatic N) is 1. The maximum atomic E-state index is 12.1. The van der Waals surface area contributed by atoms with Crippen molar-refractivity contribution in [1.29, 1.82) is 0 Å². The van der Waals surface area contributed by atoms with E-state index in [1.807, 2.05) is 49.4 Å². The second-order valence-electron chi connectivity index (χ2n) is 5.83. The standard InChI is InChI=1S/C21H14ClNO3/c1-13-6-2-3-7-15(13)20-23-18(21(24)26-20)12-14-10-11-19(25-14)16-8-4-5-9-17(16)22/h2-12H,1H3/b18-12-. The summed E-state index contributed by atoms with van der Waals surface area (Å²) in [4.78, 5) is 16.5. The lowest BCUT2D eigenvalue weighted by Crippen LogP contribution is -2.06. The molecule has 1 aliphatic rings. The van der Waals surface area contributed by atoms with Gasteiger partial charge in [0.25, 0.3) is 0 Å². The van der Waals surface area contributed by atoms with Gasteiger partial charge in [0.15, 0.2) is 5.70 Å². The molecule has 0 amide bonds. The molecule has 0 spiro atoms. The van der Waals surface area contributed by atoms with Gasteiger partial charge in [-0.25, -0.2) is 9.79 Å². The highest BCUT2D eigenvalue weighted by atomic mass is 35.5. The van der Waals surface area contributed by atoms with Crippen molar-refractivity contribution >= 4 is 29.5 Å². The Bertz CT molecular complexity index is 1060. The van der Waals surface area contributed by atoms with Gasteiger partial charge in [-0.2, -0.15) is 0 Å². The molecule has 0 saturated heterocycles. The Morgan fingerprint density at radius 1 is 0.962 bits per heavy atom. The van der Waals surface area contributed by atoms with Gasteiger partial charge in [0, 0.05) is 17.2 Å². The summed E-state index contributed by atoms with van der Waals surface area (Å²) in [6.45, 7) is 1.94. The third-order valence-electron chi connectivity index (χ3n) is 4.04. The molecule has 0 aliphatic carbocycles. The zero-order chi connectivity index (χ0) is 18.1. The normalized spacial score (nSPS) is 15.2. The molecule has 0 atom stereocenters. The highest BCUT2D eigenvalue weighted by Gasteiger charge is 2.25. The summed E-state index contributed by atoms with van der Waals surface area (Å²) in [7, 11) is 0. The number of furan rings is 1. The minimum Gasteiger partial charge on any atom is -0.457 e. The van der Waals surface area contributed by atoms with Gasteiger partial charge in [0.05, 0.1) is 5.02 Å². The molecule has 5 heteroatoms. The van der Waals surface area contributed by atoms with Crippen molar-refractivity contribution in [2.24, 2.45) is 4.99 Å². The van der Waals surface area contributed by atoms with E-state index in [1.165, 1.54) is 0 Å². The maximum absolute atomic E-state index is 12.1. The molecule has 1 aliphatic heterocycles. The second kappa shape index (κ2) is 6.65. The number of halogens is 1. The van der Waals surface area contributed by atoms with E-state index in [2.05, 4.69) is 4.99 Å². The monoisotopic (exact) mass is 363 g/mol. The Morgan fingerprint density at radius 2 is 1.69 bits per heavy atom. The van der Waals surface area contributed by atoms with E-state index in [0.29, 0.717) is 22.4 Å². The zero-order valence-electron chi connectivity index (χ0n) is 13.9. The molecule has 4 rings (SSSR count). The number of hydrogen-bond donors (Lipinski definition) is 0. The summed E-state index contributed by atoms with van der Waals surface area (Å²) in [5, 5.41) is 0.598. The number of aliphatic imine (C=N–C) groups is 1. The average Bonchev–Trinajstić information content (AvgIpc) is 3.23. The van der Waals surface area contributed by atoms with Crippen molar-refractivity contribution in [1.82, 2.24) is 0 Å². The van der Waals surface area contributed by atoms with Crippen LogP contribution in [-0.2, 0) is 9.53 Å². The minimum absolute atomic E-state index is 0.198. The largest absolute Gasteiger partial charge is 0.457 e. The molecule has 0 fully saturated rings. The Hall–Kier alpha value is -3.11. The number of ether oxygens (including phenoxy) is 1. The van der Waals surface area contributed by atoms with Gasteiger partial charge < -0.3 is 9.15 Å². The van der Waals surface area contributed by atoms with E-state index in [4.69, 9.17) is 20.8 Å². The van der Waals surface area contributed by atoms with Crippen LogP contribution in [0, 0.1) is 6.92 Å². The molecule has 0 saturated carbocycles. The number of carbonyl (C=O) groups is 1. The topological polar surface area (TPSA) is 51.8 Å². The number of cyclic esters (lactones) is 1. The summed E-state index contributed by atoms with van der Waals surface area (Å²) in [6, 6.07) is 18.6. The molecule has 0 unspecified atom stereocenters. The first-order valence-corrected chi connectivity index (χ1v) is 8.43. The van der Waals surface area contributed by atoms with Gasteiger partial charge in [0.2, 0.25) is 5.90 Å². The predicted octanol–water partition coefficient (Wildman–Crippen LogP) is 5.25. The van der Waals surface area contributed by atoms with Crippen LogP contribution in [0.25, 0.3) is 17.4 Å². The molecule has 26 heavy (non-hydrogen) atoms. The summed E-state index contributed by atoms with van der Waals surface area (Å²) in [6.07, 6.45) is 1.56. The first-order chi connectivity index (χ1) is 12.6. The van der Waals surface area contributed by atoms with Crippen molar-refractivity contribution in [2.75, 3.05) is 0 Å². The minimum atomic E-state index is -0.501. The molecular weight excluding hydrogens is 350 g/mol. The molecular formula is C21H14ClNO3. The number of esters is 1. The Labute approximate surface area is 155 Å². The molecule has 4 nitrogen and oxygen atoms in total. The smallest absolute Gasteiger partial charge is 0.363 e. The van der Waals surface area contributed by atoms with Crippen LogP contribution < -0.4 is 0 Å². The Morgan fingerprint density at radius 3 is 2.46 bits per heavy atom. The van der Waals surface area contributed by atoms with E-state index in [1.54, 1.807) is 24.3 Å². The van der Waals surface area contributed by atoms with Crippen molar-refractivity contribution in [2.45, 2.75) is 6.92 Å². The van der Waals surface area contributed by atoms with Crippen LogP contribution in [0.3, 0.4) is 0 Å². The van der Waals surface area contributed by atoms with Crippen molar-refractivity contribution in [3.63, 3.8) is 0 Å². The molecule has 0 N–H and O–H groups in total. The SMILES string of the molecule is Cc1ccccc1C1=N/C(=C\c2ccc(-c3ccccc3Cl)o2)C(=O)O1. The van der Waals surface area contributed by atoms with Gasteiger partial charge in [-0.3, -0.25) is 0 Å². The van der Waals surface area contributed by atoms with Crippen molar-refractivity contribution in [3.05, 3.63) is 88.3 Å². The fourth-order valence-electron chi connectivity index (χ4n) is 2.71. The number of carbonyl (C=O) groups excluding carboxylic acids is 1. The second-order valence-corrected chi connectivity index (χ2v) is 6.24. The van der Waals surface area contributed by atoms with E-state index in [9.17, 15) is 4.79 Å². The quantitative estimate of drug-likeness (QED) is 0.471. The van der Waals surface area contributed by atoms with Gasteiger partial charge in [-0.1, -0.05) is 41.9 Å². The van der Waals surface area contributed by atoms with Gasteiger partial charge >= 0.3 is 5.97 Å². The molecule has 128 valence electrons. The first kappa shape index (κ1) is 16.4. The highest BCUT2D eigenvalue weighted by molar-refractivity contribution is 6.33. The van der Waals surface area contributed by atoms with Crippen LogP contribution >= 0.6 is 11.6 Å². The van der Waals surface area contributed by atoms with Crippen LogP contribution in [0.2, 0.25) is 5.02 Å². The molecule has 0 bridgehead atoms. The maximum Gasteiger partial charge on any atom is 0.363 e. The summed E-state index contributed by atoms with van der Waals surface area (Å²) < 4.78 is 11.1. The lowest BCUT2D eigenvalue weighted by Gasteiger charge is -2.02. The van der Waals surface area contributed by atoms with Gasteiger partial charge in [-0.15, -0.1) is 0 Å². The first-order valence-electron chi connectivity index (χ1n) is 8.05. The predicted molar refractivity (Wildman–Crippen MR) is 101 cm³/mol. The number of benzene rings is 2. The van der Waals surface area contributed by atoms with Crippen molar-refractivity contribution in [3.8, 4) is 11.3 Å². The summed E-state index contributed by atoms with van der Waals surface area (Å²) >= 11 is 6.19. The molecule has 3 aromatic rings. The van der Waals surface area contributed by atoms with Crippen molar-refractivity contribution < 1.29 is 13.9 Å². The zero-order valence-corrected chi connectivity index (χ0v) is 14.7. The molecule has 2 heterocycles. The fraction of sp³-hybridized carbons (Fsp3) is 0.0476. The van der Waals surface area contributed by atoms with Gasteiger partial charge in [-0.05, 0) is 42.8 Å². The summed E-state index contributed by atoms with van der Waals surface area (Å²) in [5.74, 6) is 0.926. The van der Waals surface area contributed by atoms with Crippen LogP contribution in [0.15, 0.2) is 75.8 Å². The summed E-state index contributed by atoms with van der Waals surface area (Å²) in [5.41, 5.74) is 2.76. The van der Waals surface area contributed by atoms with E-state index in [0.717, 1.165) is 16.7 Å². The average molecular weight is 364 g/mol. The van der Waals surface area contributed by atoms with Crippen LogP contribution in [0.5, 0.6) is 0 Å². The third kappa shape index (κ3) is 3.07. The molecule has 0 radical (unpaired) electrons. The van der Waals surface area contributed by atoms with Crippen LogP contribution in [0.4, 0.5) is 0 Å². The lowest BCUT2D eigenvalue weighted by atomic mass is 10.1. The lowest BCUT2D eigenvalue weighted by molar-refractivity contribution is -0.129. The van der Waals surface area contributed by atoms with E-state index >= 15 is 0 Å². The number of aryl methyl sites for hydroxylation is 1. The van der Waals surface area contributed by atoms with Gasteiger partial charge in [0.1, 0.15) is 11.5 Å². The number of rotatable bonds is 3. The fourth-order valence-corrected chi connectivity index (χ4v) is 2.94. The van der Waals surface area contributed by atoms with Crippen LogP contribution in [0.1, 0.15) is 16.9 Å². The Kier molecular flexibility index (Phi) is 4.19. The van der Waals surface area contributed by atoms with E-state index in [-0.39, 0.29) is 5.70 Å². The van der Waals surface area contributed by atoms with E-state index < -0.39 is 5.97 Å². The third-order valence-corrected chi connectivity index (χ3v) is 4.37.